The quantitative estimate of drug-likeness (QED) is 0.865. The van der Waals surface area contributed by atoms with Crippen LogP contribution >= 0.6 is 0 Å². The Kier molecular flexibility index (Phi) is 4.26. The molecule has 1 unspecified atom stereocenters. The molecule has 0 aromatic heterocycles. The second-order valence-corrected chi connectivity index (χ2v) is 6.84. The van der Waals surface area contributed by atoms with Crippen molar-refractivity contribution in [3.05, 3.63) is 65.7 Å². The van der Waals surface area contributed by atoms with Crippen LogP contribution in [0.2, 0.25) is 0 Å². The maximum absolute atomic E-state index is 12.7. The second kappa shape index (κ2) is 5.77. The lowest BCUT2D eigenvalue weighted by atomic mass is 10.1. The Bertz CT molecular complexity index is 681. The lowest BCUT2D eigenvalue weighted by molar-refractivity contribution is 0.398. The minimum Gasteiger partial charge on any atom is -0.207 e. The van der Waals surface area contributed by atoms with Gasteiger partial charge in [0.1, 0.15) is 0 Å². The van der Waals surface area contributed by atoms with Crippen LogP contribution in [-0.4, -0.2) is 19.8 Å². The first kappa shape index (κ1) is 14.8. The summed E-state index contributed by atoms with van der Waals surface area (Å²) >= 11 is 0. The van der Waals surface area contributed by atoms with Gasteiger partial charge in [-0.05, 0) is 31.0 Å². The zero-order chi connectivity index (χ0) is 14.8. The van der Waals surface area contributed by atoms with Crippen molar-refractivity contribution in [3.63, 3.8) is 0 Å². The monoisotopic (exact) mass is 289 g/mol. The summed E-state index contributed by atoms with van der Waals surface area (Å²) in [5, 5.41) is 0. The zero-order valence-electron chi connectivity index (χ0n) is 11.9. The largest absolute Gasteiger partial charge is 0.243 e. The molecule has 0 saturated heterocycles. The Labute approximate surface area is 120 Å². The van der Waals surface area contributed by atoms with E-state index in [2.05, 4.69) is 0 Å². The van der Waals surface area contributed by atoms with Crippen LogP contribution in [-0.2, 0) is 10.0 Å². The van der Waals surface area contributed by atoms with E-state index in [1.54, 1.807) is 19.2 Å². The molecule has 0 N–H and O–H groups in total. The summed E-state index contributed by atoms with van der Waals surface area (Å²) in [6.45, 7) is 3.71. The van der Waals surface area contributed by atoms with Gasteiger partial charge in [-0.15, -0.1) is 0 Å². The van der Waals surface area contributed by atoms with E-state index >= 15 is 0 Å². The molecule has 0 aliphatic heterocycles. The van der Waals surface area contributed by atoms with Crippen molar-refractivity contribution in [2.75, 3.05) is 7.05 Å². The maximum atomic E-state index is 12.7. The molecule has 4 heteroatoms. The molecular formula is C16H19NO2S. The van der Waals surface area contributed by atoms with Crippen molar-refractivity contribution in [2.24, 2.45) is 0 Å². The van der Waals surface area contributed by atoms with Gasteiger partial charge in [0.2, 0.25) is 10.0 Å². The Morgan fingerprint density at radius 2 is 1.50 bits per heavy atom. The number of sulfonamides is 1. The molecule has 2 aromatic rings. The molecule has 0 aliphatic carbocycles. The normalized spacial score (nSPS) is 13.4. The standard InChI is InChI=1S/C16H19NO2S/c1-13-9-7-8-12-16(13)20(18,19)17(3)14(2)15-10-5-4-6-11-15/h4-12,14H,1-3H3. The number of hydrogen-bond acceptors (Lipinski definition) is 2. The number of hydrogen-bond donors (Lipinski definition) is 0. The minimum atomic E-state index is -3.48. The number of aryl methyl sites for hydroxylation is 1. The predicted molar refractivity (Wildman–Crippen MR) is 81.0 cm³/mol. The van der Waals surface area contributed by atoms with Crippen molar-refractivity contribution in [1.29, 1.82) is 0 Å². The van der Waals surface area contributed by atoms with E-state index in [-0.39, 0.29) is 6.04 Å². The molecule has 106 valence electrons. The van der Waals surface area contributed by atoms with Crippen LogP contribution in [0.5, 0.6) is 0 Å². The first-order chi connectivity index (χ1) is 9.44. The predicted octanol–water partition coefficient (Wildman–Crippen LogP) is 3.38. The van der Waals surface area contributed by atoms with E-state index in [1.165, 1.54) is 4.31 Å². The summed E-state index contributed by atoms with van der Waals surface area (Å²) in [6, 6.07) is 16.5. The SMILES string of the molecule is Cc1ccccc1S(=O)(=O)N(C)C(C)c1ccccc1. The molecule has 1 atom stereocenters. The summed E-state index contributed by atoms with van der Waals surface area (Å²) in [5.74, 6) is 0. The Balaban J connectivity index is 2.38. The lowest BCUT2D eigenvalue weighted by Crippen LogP contribution is -2.30. The Morgan fingerprint density at radius 1 is 0.950 bits per heavy atom. The first-order valence-corrected chi connectivity index (χ1v) is 7.97. The highest BCUT2D eigenvalue weighted by Gasteiger charge is 2.27. The molecule has 0 bridgehead atoms. The van der Waals surface area contributed by atoms with Gasteiger partial charge >= 0.3 is 0 Å². The molecule has 3 nitrogen and oxygen atoms in total. The van der Waals surface area contributed by atoms with Crippen molar-refractivity contribution < 1.29 is 8.42 Å². The molecule has 0 spiro atoms. The van der Waals surface area contributed by atoms with Crippen LogP contribution in [0.15, 0.2) is 59.5 Å². The molecule has 0 saturated carbocycles. The Morgan fingerprint density at radius 3 is 2.10 bits per heavy atom. The summed E-state index contributed by atoms with van der Waals surface area (Å²) in [4.78, 5) is 0.366. The van der Waals surface area contributed by atoms with Gasteiger partial charge in [0.15, 0.2) is 0 Å². The minimum absolute atomic E-state index is 0.208. The van der Waals surface area contributed by atoms with Crippen LogP contribution in [0.4, 0.5) is 0 Å². The maximum Gasteiger partial charge on any atom is 0.243 e. The fourth-order valence-electron chi connectivity index (χ4n) is 2.15. The topological polar surface area (TPSA) is 37.4 Å². The Hall–Kier alpha value is -1.65. The zero-order valence-corrected chi connectivity index (χ0v) is 12.8. The first-order valence-electron chi connectivity index (χ1n) is 6.53. The van der Waals surface area contributed by atoms with Gasteiger partial charge in [0.25, 0.3) is 0 Å². The third kappa shape index (κ3) is 2.76. The molecule has 2 aromatic carbocycles. The van der Waals surface area contributed by atoms with E-state index in [0.717, 1.165) is 11.1 Å². The molecule has 0 fully saturated rings. The molecule has 0 amide bonds. The van der Waals surface area contributed by atoms with Crippen LogP contribution in [0.3, 0.4) is 0 Å². The van der Waals surface area contributed by atoms with Crippen molar-refractivity contribution in [1.82, 2.24) is 4.31 Å². The van der Waals surface area contributed by atoms with Crippen LogP contribution in [0, 0.1) is 6.92 Å². The fourth-order valence-corrected chi connectivity index (χ4v) is 3.72. The number of rotatable bonds is 4. The molecule has 0 heterocycles. The van der Waals surface area contributed by atoms with Crippen LogP contribution in [0.1, 0.15) is 24.1 Å². The van der Waals surface area contributed by atoms with Gasteiger partial charge in [0, 0.05) is 13.1 Å². The number of nitrogens with zero attached hydrogens (tertiary/aromatic N) is 1. The van der Waals surface area contributed by atoms with E-state index in [9.17, 15) is 8.42 Å². The van der Waals surface area contributed by atoms with E-state index in [4.69, 9.17) is 0 Å². The fraction of sp³-hybridized carbons (Fsp3) is 0.250. The van der Waals surface area contributed by atoms with Crippen molar-refractivity contribution >= 4 is 10.0 Å². The number of benzene rings is 2. The molecule has 0 aliphatic rings. The second-order valence-electron chi connectivity index (χ2n) is 4.87. The van der Waals surface area contributed by atoms with Crippen molar-refractivity contribution in [2.45, 2.75) is 24.8 Å². The highest BCUT2D eigenvalue weighted by atomic mass is 32.2. The molecule has 0 radical (unpaired) electrons. The highest BCUT2D eigenvalue weighted by Crippen LogP contribution is 2.26. The summed E-state index contributed by atoms with van der Waals surface area (Å²) in [7, 11) is -1.86. The van der Waals surface area contributed by atoms with E-state index < -0.39 is 10.0 Å². The smallest absolute Gasteiger partial charge is 0.207 e. The van der Waals surface area contributed by atoms with Gasteiger partial charge in [0.05, 0.1) is 4.90 Å². The van der Waals surface area contributed by atoms with Gasteiger partial charge in [-0.1, -0.05) is 48.5 Å². The average Bonchev–Trinajstić information content (AvgIpc) is 2.47. The summed E-state index contributed by atoms with van der Waals surface area (Å²) in [5.41, 5.74) is 1.74. The van der Waals surface area contributed by atoms with Crippen molar-refractivity contribution in [3.8, 4) is 0 Å². The lowest BCUT2D eigenvalue weighted by Gasteiger charge is -2.25. The summed E-state index contributed by atoms with van der Waals surface area (Å²) < 4.78 is 26.8. The summed E-state index contributed by atoms with van der Waals surface area (Å²) in [6.07, 6.45) is 0. The molecule has 20 heavy (non-hydrogen) atoms. The highest BCUT2D eigenvalue weighted by molar-refractivity contribution is 7.89. The van der Waals surface area contributed by atoms with E-state index in [0.29, 0.717) is 4.90 Å². The van der Waals surface area contributed by atoms with Crippen LogP contribution < -0.4 is 0 Å². The van der Waals surface area contributed by atoms with Gasteiger partial charge in [-0.25, -0.2) is 8.42 Å². The van der Waals surface area contributed by atoms with E-state index in [1.807, 2.05) is 56.3 Å². The van der Waals surface area contributed by atoms with Gasteiger partial charge in [-0.3, -0.25) is 0 Å². The third-order valence-corrected chi connectivity index (χ3v) is 5.67. The third-order valence-electron chi connectivity index (χ3n) is 3.58. The average molecular weight is 289 g/mol. The van der Waals surface area contributed by atoms with Crippen LogP contribution in [0.25, 0.3) is 0 Å². The van der Waals surface area contributed by atoms with Gasteiger partial charge in [-0.2, -0.15) is 4.31 Å². The molecular weight excluding hydrogens is 270 g/mol. The molecule has 2 rings (SSSR count). The van der Waals surface area contributed by atoms with Gasteiger partial charge < -0.3 is 0 Å².